The minimum Gasteiger partial charge on any atom is -0.348 e. The molecule has 2 rings (SSSR count). The van der Waals surface area contributed by atoms with E-state index in [4.69, 9.17) is 9.47 Å². The second kappa shape index (κ2) is 6.01. The van der Waals surface area contributed by atoms with Crippen LogP contribution in [0.3, 0.4) is 0 Å². The quantitative estimate of drug-likeness (QED) is 0.870. The van der Waals surface area contributed by atoms with E-state index in [0.29, 0.717) is 6.61 Å². The van der Waals surface area contributed by atoms with Gasteiger partial charge in [0.25, 0.3) is 0 Å². The molecule has 1 N–H and O–H groups in total. The lowest BCUT2D eigenvalue weighted by Crippen LogP contribution is -2.30. The average Bonchev–Trinajstić information content (AvgIpc) is 2.63. The molecule has 1 saturated heterocycles. The summed E-state index contributed by atoms with van der Waals surface area (Å²) in [5.41, 5.74) is 1.24. The highest BCUT2D eigenvalue weighted by molar-refractivity contribution is 9.13. The number of hydrogen-bond donors (Lipinski definition) is 1. The third-order valence-electron chi connectivity index (χ3n) is 2.75. The number of rotatable bonds is 4. The van der Waals surface area contributed by atoms with E-state index < -0.39 is 5.79 Å². The molecule has 100 valence electrons. The van der Waals surface area contributed by atoms with Gasteiger partial charge in [0.1, 0.15) is 0 Å². The van der Waals surface area contributed by atoms with Gasteiger partial charge in [0.05, 0.1) is 12.7 Å². The SMILES string of the molecule is CC1(C)OCC(CNCc2ccc(Br)c(Br)c2)O1. The predicted molar refractivity (Wildman–Crippen MR) is 78.5 cm³/mol. The number of halogens is 2. The standard InChI is InChI=1S/C13H17Br2NO2/c1-13(2)17-8-10(18-13)7-16-6-9-3-4-11(14)12(15)5-9/h3-5,10,16H,6-8H2,1-2H3. The van der Waals surface area contributed by atoms with Gasteiger partial charge in [-0.15, -0.1) is 0 Å². The molecule has 0 radical (unpaired) electrons. The Labute approximate surface area is 124 Å². The summed E-state index contributed by atoms with van der Waals surface area (Å²) in [7, 11) is 0. The molecule has 1 aromatic carbocycles. The lowest BCUT2D eigenvalue weighted by atomic mass is 10.2. The molecule has 0 aliphatic carbocycles. The smallest absolute Gasteiger partial charge is 0.163 e. The monoisotopic (exact) mass is 377 g/mol. The maximum Gasteiger partial charge on any atom is 0.163 e. The molecule has 1 aromatic rings. The van der Waals surface area contributed by atoms with Crippen molar-refractivity contribution < 1.29 is 9.47 Å². The minimum absolute atomic E-state index is 0.138. The summed E-state index contributed by atoms with van der Waals surface area (Å²) in [4.78, 5) is 0. The van der Waals surface area contributed by atoms with Gasteiger partial charge in [0, 0.05) is 22.0 Å². The number of benzene rings is 1. The van der Waals surface area contributed by atoms with Crippen LogP contribution in [-0.2, 0) is 16.0 Å². The zero-order chi connectivity index (χ0) is 13.2. The fraction of sp³-hybridized carbons (Fsp3) is 0.538. The molecular formula is C13H17Br2NO2. The molecule has 0 aromatic heterocycles. The lowest BCUT2D eigenvalue weighted by Gasteiger charge is -2.17. The van der Waals surface area contributed by atoms with E-state index in [2.05, 4.69) is 49.3 Å². The summed E-state index contributed by atoms with van der Waals surface area (Å²) in [5, 5.41) is 3.39. The first kappa shape index (κ1) is 14.5. The van der Waals surface area contributed by atoms with Crippen LogP contribution in [0.25, 0.3) is 0 Å². The summed E-state index contributed by atoms with van der Waals surface area (Å²) in [6.45, 7) is 6.17. The van der Waals surface area contributed by atoms with E-state index in [1.54, 1.807) is 0 Å². The molecule has 0 spiro atoms. The van der Waals surface area contributed by atoms with Gasteiger partial charge in [-0.1, -0.05) is 6.07 Å². The minimum atomic E-state index is -0.438. The van der Waals surface area contributed by atoms with Crippen LogP contribution in [0.1, 0.15) is 19.4 Å². The Hall–Kier alpha value is 0.0600. The first-order chi connectivity index (χ1) is 8.46. The first-order valence-corrected chi connectivity index (χ1v) is 7.51. The van der Waals surface area contributed by atoms with Crippen LogP contribution in [0, 0.1) is 0 Å². The van der Waals surface area contributed by atoms with Gasteiger partial charge >= 0.3 is 0 Å². The summed E-state index contributed by atoms with van der Waals surface area (Å²) in [5.74, 6) is -0.438. The second-order valence-corrected chi connectivity index (χ2v) is 6.54. The van der Waals surface area contributed by atoms with E-state index in [1.807, 2.05) is 19.9 Å². The number of nitrogens with one attached hydrogen (secondary N) is 1. The summed E-state index contributed by atoms with van der Waals surface area (Å²) in [6.07, 6.45) is 0.138. The van der Waals surface area contributed by atoms with Crippen molar-refractivity contribution in [1.29, 1.82) is 0 Å². The molecule has 1 unspecified atom stereocenters. The molecule has 1 aliphatic heterocycles. The van der Waals surface area contributed by atoms with Crippen LogP contribution >= 0.6 is 31.9 Å². The maximum atomic E-state index is 5.73. The molecular weight excluding hydrogens is 362 g/mol. The predicted octanol–water partition coefficient (Wildman–Crippen LogP) is 3.45. The fourth-order valence-corrected chi connectivity index (χ4v) is 2.56. The molecule has 0 bridgehead atoms. The number of hydrogen-bond acceptors (Lipinski definition) is 3. The first-order valence-electron chi connectivity index (χ1n) is 5.93. The Morgan fingerprint density at radius 1 is 1.33 bits per heavy atom. The molecule has 1 atom stereocenters. The summed E-state index contributed by atoms with van der Waals surface area (Å²) in [6, 6.07) is 6.24. The zero-order valence-electron chi connectivity index (χ0n) is 10.5. The fourth-order valence-electron chi connectivity index (χ4n) is 1.89. The van der Waals surface area contributed by atoms with Crippen molar-refractivity contribution in [1.82, 2.24) is 5.32 Å². The van der Waals surface area contributed by atoms with Crippen molar-refractivity contribution in [3.05, 3.63) is 32.7 Å². The van der Waals surface area contributed by atoms with E-state index >= 15 is 0 Å². The van der Waals surface area contributed by atoms with E-state index in [1.165, 1.54) is 5.56 Å². The van der Waals surface area contributed by atoms with Crippen LogP contribution in [0.4, 0.5) is 0 Å². The van der Waals surface area contributed by atoms with Gasteiger partial charge < -0.3 is 14.8 Å². The van der Waals surface area contributed by atoms with Crippen molar-refractivity contribution >= 4 is 31.9 Å². The van der Waals surface area contributed by atoms with Crippen LogP contribution in [0.2, 0.25) is 0 Å². The molecule has 1 heterocycles. The Bertz CT molecular complexity index is 423. The third-order valence-corrected chi connectivity index (χ3v) is 4.63. The lowest BCUT2D eigenvalue weighted by molar-refractivity contribution is -0.137. The van der Waals surface area contributed by atoms with Crippen molar-refractivity contribution in [2.45, 2.75) is 32.3 Å². The van der Waals surface area contributed by atoms with E-state index in [-0.39, 0.29) is 6.10 Å². The highest BCUT2D eigenvalue weighted by atomic mass is 79.9. The van der Waals surface area contributed by atoms with Crippen molar-refractivity contribution in [3.63, 3.8) is 0 Å². The highest BCUT2D eigenvalue weighted by Gasteiger charge is 2.32. The topological polar surface area (TPSA) is 30.5 Å². The molecule has 3 nitrogen and oxygen atoms in total. The summed E-state index contributed by atoms with van der Waals surface area (Å²) >= 11 is 6.96. The third kappa shape index (κ3) is 4.03. The summed E-state index contributed by atoms with van der Waals surface area (Å²) < 4.78 is 13.4. The van der Waals surface area contributed by atoms with Crippen LogP contribution in [0.5, 0.6) is 0 Å². The van der Waals surface area contributed by atoms with E-state index in [9.17, 15) is 0 Å². The van der Waals surface area contributed by atoms with Crippen molar-refractivity contribution in [2.75, 3.05) is 13.2 Å². The Morgan fingerprint density at radius 2 is 2.11 bits per heavy atom. The normalized spacial score (nSPS) is 22.3. The number of ether oxygens (including phenoxy) is 2. The van der Waals surface area contributed by atoms with Gasteiger partial charge in [-0.05, 0) is 63.4 Å². The molecule has 1 aliphatic rings. The largest absolute Gasteiger partial charge is 0.348 e. The Balaban J connectivity index is 1.77. The Morgan fingerprint density at radius 3 is 2.72 bits per heavy atom. The molecule has 0 amide bonds. The van der Waals surface area contributed by atoms with Gasteiger partial charge in [-0.25, -0.2) is 0 Å². The van der Waals surface area contributed by atoms with Gasteiger partial charge in [0.15, 0.2) is 5.79 Å². The van der Waals surface area contributed by atoms with Gasteiger partial charge in [-0.3, -0.25) is 0 Å². The van der Waals surface area contributed by atoms with Crippen LogP contribution in [0.15, 0.2) is 27.1 Å². The highest BCUT2D eigenvalue weighted by Crippen LogP contribution is 2.24. The molecule has 18 heavy (non-hydrogen) atoms. The molecule has 0 saturated carbocycles. The van der Waals surface area contributed by atoms with Crippen molar-refractivity contribution in [2.24, 2.45) is 0 Å². The van der Waals surface area contributed by atoms with E-state index in [0.717, 1.165) is 22.0 Å². The van der Waals surface area contributed by atoms with Crippen molar-refractivity contribution in [3.8, 4) is 0 Å². The van der Waals surface area contributed by atoms with Gasteiger partial charge in [-0.2, -0.15) is 0 Å². The Kier molecular flexibility index (Phi) is 4.83. The van der Waals surface area contributed by atoms with Crippen LogP contribution in [-0.4, -0.2) is 25.0 Å². The molecule has 5 heteroatoms. The maximum absolute atomic E-state index is 5.73. The van der Waals surface area contributed by atoms with Gasteiger partial charge in [0.2, 0.25) is 0 Å². The molecule has 1 fully saturated rings. The zero-order valence-corrected chi connectivity index (χ0v) is 13.7. The van der Waals surface area contributed by atoms with Crippen LogP contribution < -0.4 is 5.32 Å². The average molecular weight is 379 g/mol. The second-order valence-electron chi connectivity index (χ2n) is 4.83.